The fourth-order valence-corrected chi connectivity index (χ4v) is 1.12. The zero-order chi connectivity index (χ0) is 11.3. The SMILES string of the molecule is CCCCOc1cc(N)ccc1[N+](=O)[O-]. The third-order valence-electron chi connectivity index (χ3n) is 1.94. The summed E-state index contributed by atoms with van der Waals surface area (Å²) in [5, 5.41) is 10.7. The van der Waals surface area contributed by atoms with Gasteiger partial charge < -0.3 is 10.5 Å². The van der Waals surface area contributed by atoms with Crippen LogP contribution >= 0.6 is 0 Å². The Morgan fingerprint density at radius 2 is 2.27 bits per heavy atom. The van der Waals surface area contributed by atoms with E-state index in [1.54, 1.807) is 0 Å². The Bertz CT molecular complexity index is 353. The van der Waals surface area contributed by atoms with E-state index >= 15 is 0 Å². The molecule has 1 aromatic carbocycles. The summed E-state index contributed by atoms with van der Waals surface area (Å²) >= 11 is 0. The fraction of sp³-hybridized carbons (Fsp3) is 0.400. The number of ether oxygens (including phenoxy) is 1. The summed E-state index contributed by atoms with van der Waals surface area (Å²) in [4.78, 5) is 10.2. The van der Waals surface area contributed by atoms with Gasteiger partial charge in [-0.05, 0) is 12.5 Å². The van der Waals surface area contributed by atoms with Crippen LogP contribution in [0.25, 0.3) is 0 Å². The third-order valence-corrected chi connectivity index (χ3v) is 1.94. The van der Waals surface area contributed by atoms with Crippen molar-refractivity contribution < 1.29 is 9.66 Å². The Morgan fingerprint density at radius 3 is 2.87 bits per heavy atom. The summed E-state index contributed by atoms with van der Waals surface area (Å²) in [6.07, 6.45) is 1.85. The van der Waals surface area contributed by atoms with E-state index < -0.39 is 4.92 Å². The highest BCUT2D eigenvalue weighted by Gasteiger charge is 2.14. The lowest BCUT2D eigenvalue weighted by atomic mass is 10.2. The highest BCUT2D eigenvalue weighted by Crippen LogP contribution is 2.28. The highest BCUT2D eigenvalue weighted by molar-refractivity contribution is 5.55. The smallest absolute Gasteiger partial charge is 0.311 e. The maximum absolute atomic E-state index is 10.7. The number of nitrogen functional groups attached to an aromatic ring is 1. The molecule has 0 aromatic heterocycles. The predicted octanol–water partition coefficient (Wildman–Crippen LogP) is 2.36. The molecule has 0 saturated carbocycles. The lowest BCUT2D eigenvalue weighted by molar-refractivity contribution is -0.385. The average Bonchev–Trinajstić information content (AvgIpc) is 2.18. The number of nitrogens with two attached hydrogens (primary N) is 1. The van der Waals surface area contributed by atoms with Crippen LogP contribution in [-0.2, 0) is 0 Å². The Morgan fingerprint density at radius 1 is 1.53 bits per heavy atom. The fourth-order valence-electron chi connectivity index (χ4n) is 1.12. The second kappa shape index (κ2) is 5.19. The molecule has 2 N–H and O–H groups in total. The van der Waals surface area contributed by atoms with Crippen LogP contribution in [0.5, 0.6) is 5.75 Å². The van der Waals surface area contributed by atoms with Gasteiger partial charge in [0.2, 0.25) is 0 Å². The van der Waals surface area contributed by atoms with Crippen molar-refractivity contribution in [1.29, 1.82) is 0 Å². The topological polar surface area (TPSA) is 78.4 Å². The molecule has 0 atom stereocenters. The first-order valence-electron chi connectivity index (χ1n) is 4.82. The lowest BCUT2D eigenvalue weighted by Gasteiger charge is -2.06. The van der Waals surface area contributed by atoms with Crippen molar-refractivity contribution in [1.82, 2.24) is 0 Å². The van der Waals surface area contributed by atoms with Crippen LogP contribution < -0.4 is 10.5 Å². The largest absolute Gasteiger partial charge is 0.487 e. The minimum atomic E-state index is -0.472. The number of nitro groups is 1. The van der Waals surface area contributed by atoms with Crippen LogP contribution in [0.3, 0.4) is 0 Å². The second-order valence-electron chi connectivity index (χ2n) is 3.19. The first kappa shape index (κ1) is 11.3. The summed E-state index contributed by atoms with van der Waals surface area (Å²) in [6, 6.07) is 4.33. The van der Waals surface area contributed by atoms with Crippen LogP contribution in [0, 0.1) is 10.1 Å². The van der Waals surface area contributed by atoms with E-state index in [-0.39, 0.29) is 11.4 Å². The first-order chi connectivity index (χ1) is 7.15. The van der Waals surface area contributed by atoms with Gasteiger partial charge in [0.25, 0.3) is 0 Å². The maximum Gasteiger partial charge on any atom is 0.311 e. The molecule has 0 fully saturated rings. The molecule has 0 saturated heterocycles. The van der Waals surface area contributed by atoms with E-state index in [9.17, 15) is 10.1 Å². The van der Waals surface area contributed by atoms with E-state index in [2.05, 4.69) is 0 Å². The Labute approximate surface area is 88.0 Å². The molecule has 82 valence electrons. The summed E-state index contributed by atoms with van der Waals surface area (Å²) < 4.78 is 5.30. The van der Waals surface area contributed by atoms with Crippen LogP contribution in [-0.4, -0.2) is 11.5 Å². The second-order valence-corrected chi connectivity index (χ2v) is 3.19. The molecule has 0 bridgehead atoms. The van der Waals surface area contributed by atoms with Gasteiger partial charge in [-0.25, -0.2) is 0 Å². The number of unbranched alkanes of at least 4 members (excludes halogenated alkanes) is 1. The Balaban J connectivity index is 2.82. The molecule has 0 spiro atoms. The van der Waals surface area contributed by atoms with Crippen LogP contribution in [0.4, 0.5) is 11.4 Å². The Kier molecular flexibility index (Phi) is 3.91. The average molecular weight is 210 g/mol. The third kappa shape index (κ3) is 3.12. The van der Waals surface area contributed by atoms with E-state index in [0.717, 1.165) is 12.8 Å². The summed E-state index contributed by atoms with van der Waals surface area (Å²) in [5.74, 6) is 0.244. The quantitative estimate of drug-likeness (QED) is 0.350. The normalized spacial score (nSPS) is 9.93. The first-order valence-corrected chi connectivity index (χ1v) is 4.82. The molecule has 0 aliphatic carbocycles. The van der Waals surface area contributed by atoms with Crippen molar-refractivity contribution in [2.75, 3.05) is 12.3 Å². The van der Waals surface area contributed by atoms with Gasteiger partial charge >= 0.3 is 5.69 Å². The summed E-state index contributed by atoms with van der Waals surface area (Å²) in [6.45, 7) is 2.50. The van der Waals surface area contributed by atoms with Crippen molar-refractivity contribution in [2.24, 2.45) is 0 Å². The zero-order valence-corrected chi connectivity index (χ0v) is 8.60. The van der Waals surface area contributed by atoms with Gasteiger partial charge in [0.15, 0.2) is 5.75 Å². The number of hydrogen-bond acceptors (Lipinski definition) is 4. The molecule has 0 radical (unpaired) electrons. The zero-order valence-electron chi connectivity index (χ0n) is 8.60. The van der Waals surface area contributed by atoms with Crippen molar-refractivity contribution in [2.45, 2.75) is 19.8 Å². The predicted molar refractivity (Wildman–Crippen MR) is 57.9 cm³/mol. The maximum atomic E-state index is 10.7. The van der Waals surface area contributed by atoms with Crippen molar-refractivity contribution in [3.63, 3.8) is 0 Å². The van der Waals surface area contributed by atoms with E-state index in [4.69, 9.17) is 10.5 Å². The van der Waals surface area contributed by atoms with Gasteiger partial charge in [-0.2, -0.15) is 0 Å². The van der Waals surface area contributed by atoms with Crippen molar-refractivity contribution >= 4 is 11.4 Å². The molecule has 15 heavy (non-hydrogen) atoms. The molecule has 1 aromatic rings. The molecular formula is C10H14N2O3. The number of nitro benzene ring substituents is 1. The minimum absolute atomic E-state index is 0.0414. The number of nitrogens with zero attached hydrogens (tertiary/aromatic N) is 1. The van der Waals surface area contributed by atoms with Gasteiger partial charge in [-0.15, -0.1) is 0 Å². The Hall–Kier alpha value is -1.78. The highest BCUT2D eigenvalue weighted by atomic mass is 16.6. The monoisotopic (exact) mass is 210 g/mol. The van der Waals surface area contributed by atoms with Crippen LogP contribution in [0.2, 0.25) is 0 Å². The number of benzene rings is 1. The van der Waals surface area contributed by atoms with E-state index in [1.165, 1.54) is 18.2 Å². The number of rotatable bonds is 5. The number of anilines is 1. The molecule has 5 nitrogen and oxygen atoms in total. The molecule has 0 aliphatic heterocycles. The summed E-state index contributed by atoms with van der Waals surface area (Å²) in [5.41, 5.74) is 5.95. The minimum Gasteiger partial charge on any atom is -0.487 e. The standard InChI is InChI=1S/C10H14N2O3/c1-2-3-6-15-10-7-8(11)4-5-9(10)12(13)14/h4-5,7H,2-3,6,11H2,1H3. The van der Waals surface area contributed by atoms with Crippen molar-refractivity contribution in [3.05, 3.63) is 28.3 Å². The molecule has 0 heterocycles. The van der Waals surface area contributed by atoms with Gasteiger partial charge in [-0.3, -0.25) is 10.1 Å². The van der Waals surface area contributed by atoms with E-state index in [1.807, 2.05) is 6.92 Å². The molecular weight excluding hydrogens is 196 g/mol. The van der Waals surface area contributed by atoms with Crippen molar-refractivity contribution in [3.8, 4) is 5.75 Å². The number of hydrogen-bond donors (Lipinski definition) is 1. The molecule has 0 aliphatic rings. The molecule has 1 rings (SSSR count). The molecule has 0 amide bonds. The van der Waals surface area contributed by atoms with E-state index in [0.29, 0.717) is 12.3 Å². The van der Waals surface area contributed by atoms with Gasteiger partial charge in [0.05, 0.1) is 11.5 Å². The molecule has 0 unspecified atom stereocenters. The van der Waals surface area contributed by atoms with Gasteiger partial charge in [0.1, 0.15) is 0 Å². The molecule has 5 heteroatoms. The lowest BCUT2D eigenvalue weighted by Crippen LogP contribution is -2.01. The van der Waals surface area contributed by atoms with Crippen LogP contribution in [0.15, 0.2) is 18.2 Å². The summed E-state index contributed by atoms with van der Waals surface area (Å²) in [7, 11) is 0. The van der Waals surface area contributed by atoms with Gasteiger partial charge in [-0.1, -0.05) is 13.3 Å². The van der Waals surface area contributed by atoms with Gasteiger partial charge in [0, 0.05) is 17.8 Å². The van der Waals surface area contributed by atoms with Crippen LogP contribution in [0.1, 0.15) is 19.8 Å².